The summed E-state index contributed by atoms with van der Waals surface area (Å²) in [5.41, 5.74) is 1.13. The van der Waals surface area contributed by atoms with Crippen LogP contribution in [0.15, 0.2) is 41.8 Å². The molecule has 110 valence electrons. The van der Waals surface area contributed by atoms with E-state index in [0.29, 0.717) is 30.6 Å². The highest BCUT2D eigenvalue weighted by molar-refractivity contribution is 7.89. The van der Waals surface area contributed by atoms with E-state index in [9.17, 15) is 8.42 Å². The molecule has 1 N–H and O–H groups in total. The SMILES string of the molecule is Cc1cc(S(=O)(=O)NCCCn2ccnc2)ccc1C#N. The molecule has 7 heteroatoms. The zero-order valence-corrected chi connectivity index (χ0v) is 12.5. The van der Waals surface area contributed by atoms with Gasteiger partial charge < -0.3 is 4.57 Å². The van der Waals surface area contributed by atoms with E-state index in [1.807, 2.05) is 16.8 Å². The average molecular weight is 304 g/mol. The first kappa shape index (κ1) is 15.2. The fourth-order valence-corrected chi connectivity index (χ4v) is 3.06. The molecule has 0 saturated carbocycles. The van der Waals surface area contributed by atoms with E-state index in [4.69, 9.17) is 5.26 Å². The lowest BCUT2D eigenvalue weighted by molar-refractivity contribution is 0.569. The monoisotopic (exact) mass is 304 g/mol. The van der Waals surface area contributed by atoms with Crippen LogP contribution in [0.1, 0.15) is 17.5 Å². The quantitative estimate of drug-likeness (QED) is 0.818. The molecule has 0 amide bonds. The van der Waals surface area contributed by atoms with Crippen molar-refractivity contribution in [2.24, 2.45) is 0 Å². The second kappa shape index (κ2) is 6.52. The zero-order valence-electron chi connectivity index (χ0n) is 11.7. The van der Waals surface area contributed by atoms with E-state index in [1.54, 1.807) is 19.4 Å². The van der Waals surface area contributed by atoms with Crippen LogP contribution in [-0.4, -0.2) is 24.5 Å². The number of nitrogens with zero attached hydrogens (tertiary/aromatic N) is 3. The summed E-state index contributed by atoms with van der Waals surface area (Å²) in [4.78, 5) is 4.10. The summed E-state index contributed by atoms with van der Waals surface area (Å²) in [6.45, 7) is 2.77. The van der Waals surface area contributed by atoms with Crippen molar-refractivity contribution in [1.29, 1.82) is 5.26 Å². The van der Waals surface area contributed by atoms with Gasteiger partial charge in [-0.05, 0) is 37.1 Å². The molecule has 2 aromatic rings. The standard InChI is InChI=1S/C14H16N4O2S/c1-12-9-14(4-3-13(12)10-15)21(19,20)17-5-2-7-18-8-6-16-11-18/h3-4,6,8-9,11,17H,2,5,7H2,1H3. The van der Waals surface area contributed by atoms with E-state index in [1.165, 1.54) is 18.2 Å². The summed E-state index contributed by atoms with van der Waals surface area (Å²) < 4.78 is 28.7. The Balaban J connectivity index is 1.95. The van der Waals surface area contributed by atoms with Crippen molar-refractivity contribution in [2.45, 2.75) is 24.8 Å². The summed E-state index contributed by atoms with van der Waals surface area (Å²) in [5, 5.41) is 8.85. The van der Waals surface area contributed by atoms with Crippen LogP contribution in [0.3, 0.4) is 0 Å². The highest BCUT2D eigenvalue weighted by Crippen LogP contribution is 2.14. The lowest BCUT2D eigenvalue weighted by Gasteiger charge is -2.08. The summed E-state index contributed by atoms with van der Waals surface area (Å²) in [6, 6.07) is 6.50. The Morgan fingerprint density at radius 3 is 2.86 bits per heavy atom. The zero-order chi connectivity index (χ0) is 15.3. The van der Waals surface area contributed by atoms with Gasteiger partial charge in [-0.15, -0.1) is 0 Å². The number of rotatable bonds is 6. The van der Waals surface area contributed by atoms with Crippen molar-refractivity contribution in [3.63, 3.8) is 0 Å². The molecule has 0 spiro atoms. The second-order valence-corrected chi connectivity index (χ2v) is 6.41. The van der Waals surface area contributed by atoms with E-state index in [2.05, 4.69) is 9.71 Å². The molecule has 6 nitrogen and oxygen atoms in total. The van der Waals surface area contributed by atoms with Crippen LogP contribution in [0.4, 0.5) is 0 Å². The fourth-order valence-electron chi connectivity index (χ4n) is 1.90. The van der Waals surface area contributed by atoms with Gasteiger partial charge in [-0.25, -0.2) is 18.1 Å². The minimum atomic E-state index is -3.53. The number of imidazole rings is 1. The van der Waals surface area contributed by atoms with Gasteiger partial charge in [0.25, 0.3) is 0 Å². The molecule has 0 atom stereocenters. The number of aryl methyl sites for hydroxylation is 2. The van der Waals surface area contributed by atoms with E-state index in [-0.39, 0.29) is 4.90 Å². The van der Waals surface area contributed by atoms with Crippen molar-refractivity contribution < 1.29 is 8.42 Å². The Kier molecular flexibility index (Phi) is 4.73. The van der Waals surface area contributed by atoms with Crippen molar-refractivity contribution in [3.05, 3.63) is 48.0 Å². The number of nitriles is 1. The largest absolute Gasteiger partial charge is 0.337 e. The Hall–Kier alpha value is -2.17. The van der Waals surface area contributed by atoms with Crippen LogP contribution >= 0.6 is 0 Å². The Morgan fingerprint density at radius 1 is 1.43 bits per heavy atom. The van der Waals surface area contributed by atoms with Gasteiger partial charge in [0.05, 0.1) is 22.9 Å². The molecule has 0 fully saturated rings. The van der Waals surface area contributed by atoms with Gasteiger partial charge in [0.2, 0.25) is 10.0 Å². The minimum absolute atomic E-state index is 0.182. The first-order valence-electron chi connectivity index (χ1n) is 6.49. The highest BCUT2D eigenvalue weighted by atomic mass is 32.2. The maximum atomic E-state index is 12.1. The predicted octanol–water partition coefficient (Wildman–Crippen LogP) is 1.43. The minimum Gasteiger partial charge on any atom is -0.337 e. The first-order valence-corrected chi connectivity index (χ1v) is 7.97. The van der Waals surface area contributed by atoms with Gasteiger partial charge in [-0.3, -0.25) is 0 Å². The molecule has 0 radical (unpaired) electrons. The van der Waals surface area contributed by atoms with Gasteiger partial charge in [-0.2, -0.15) is 5.26 Å². The molecule has 21 heavy (non-hydrogen) atoms. The number of aromatic nitrogens is 2. The van der Waals surface area contributed by atoms with Crippen LogP contribution in [0.5, 0.6) is 0 Å². The summed E-state index contributed by atoms with van der Waals surface area (Å²) in [6.07, 6.45) is 5.88. The molecule has 1 aromatic carbocycles. The maximum absolute atomic E-state index is 12.1. The molecule has 0 bridgehead atoms. The van der Waals surface area contributed by atoms with Crippen molar-refractivity contribution in [2.75, 3.05) is 6.54 Å². The van der Waals surface area contributed by atoms with Gasteiger partial charge in [0.15, 0.2) is 0 Å². The summed E-state index contributed by atoms with van der Waals surface area (Å²) in [7, 11) is -3.53. The molecule has 0 aliphatic carbocycles. The fraction of sp³-hybridized carbons (Fsp3) is 0.286. The van der Waals surface area contributed by atoms with Crippen LogP contribution in [0, 0.1) is 18.3 Å². The molecule has 0 aliphatic rings. The van der Waals surface area contributed by atoms with Crippen molar-refractivity contribution >= 4 is 10.0 Å². The number of nitrogens with one attached hydrogen (secondary N) is 1. The molecule has 0 saturated heterocycles. The molecule has 2 rings (SSSR count). The van der Waals surface area contributed by atoms with Crippen LogP contribution in [0.2, 0.25) is 0 Å². The molecular weight excluding hydrogens is 288 g/mol. The van der Waals surface area contributed by atoms with Crippen LogP contribution in [0.25, 0.3) is 0 Å². The third kappa shape index (κ3) is 3.90. The number of benzene rings is 1. The Labute approximate surface area is 124 Å². The van der Waals surface area contributed by atoms with Gasteiger partial charge in [0.1, 0.15) is 0 Å². The smallest absolute Gasteiger partial charge is 0.240 e. The normalized spacial score (nSPS) is 11.2. The predicted molar refractivity (Wildman–Crippen MR) is 77.9 cm³/mol. The van der Waals surface area contributed by atoms with Gasteiger partial charge in [-0.1, -0.05) is 0 Å². The number of sulfonamides is 1. The van der Waals surface area contributed by atoms with E-state index < -0.39 is 10.0 Å². The van der Waals surface area contributed by atoms with E-state index in [0.717, 1.165) is 0 Å². The van der Waals surface area contributed by atoms with Gasteiger partial charge in [0, 0.05) is 25.5 Å². The Morgan fingerprint density at radius 2 is 2.24 bits per heavy atom. The summed E-state index contributed by atoms with van der Waals surface area (Å²) in [5.74, 6) is 0. The third-order valence-corrected chi connectivity index (χ3v) is 4.53. The van der Waals surface area contributed by atoms with Crippen molar-refractivity contribution in [3.8, 4) is 6.07 Å². The van der Waals surface area contributed by atoms with E-state index >= 15 is 0 Å². The molecule has 1 aromatic heterocycles. The summed E-state index contributed by atoms with van der Waals surface area (Å²) >= 11 is 0. The average Bonchev–Trinajstić information content (AvgIpc) is 2.97. The lowest BCUT2D eigenvalue weighted by atomic mass is 10.1. The third-order valence-electron chi connectivity index (χ3n) is 3.07. The Bertz CT molecular complexity index is 746. The first-order chi connectivity index (χ1) is 10.0. The lowest BCUT2D eigenvalue weighted by Crippen LogP contribution is -2.25. The maximum Gasteiger partial charge on any atom is 0.240 e. The van der Waals surface area contributed by atoms with Crippen molar-refractivity contribution in [1.82, 2.24) is 14.3 Å². The van der Waals surface area contributed by atoms with Crippen LogP contribution in [-0.2, 0) is 16.6 Å². The molecule has 0 unspecified atom stereocenters. The topological polar surface area (TPSA) is 87.8 Å². The number of hydrogen-bond donors (Lipinski definition) is 1. The van der Waals surface area contributed by atoms with Gasteiger partial charge >= 0.3 is 0 Å². The highest BCUT2D eigenvalue weighted by Gasteiger charge is 2.14. The molecule has 0 aliphatic heterocycles. The second-order valence-electron chi connectivity index (χ2n) is 4.64. The molecular formula is C14H16N4O2S. The number of hydrogen-bond acceptors (Lipinski definition) is 4. The molecule has 1 heterocycles. The van der Waals surface area contributed by atoms with Crippen LogP contribution < -0.4 is 4.72 Å².